The predicted molar refractivity (Wildman–Crippen MR) is 86.4 cm³/mol. The van der Waals surface area contributed by atoms with Gasteiger partial charge in [-0.15, -0.1) is 0 Å². The van der Waals surface area contributed by atoms with Crippen LogP contribution < -0.4 is 4.90 Å². The molecule has 120 valence electrons. The van der Waals surface area contributed by atoms with E-state index in [1.165, 1.54) is 12.1 Å². The van der Waals surface area contributed by atoms with Crippen LogP contribution in [0.15, 0.2) is 48.8 Å². The molecule has 0 spiro atoms. The van der Waals surface area contributed by atoms with Crippen molar-refractivity contribution >= 4 is 5.69 Å². The van der Waals surface area contributed by atoms with Crippen LogP contribution >= 0.6 is 0 Å². The van der Waals surface area contributed by atoms with Crippen LogP contribution in [0.3, 0.4) is 0 Å². The fourth-order valence-corrected chi connectivity index (χ4v) is 2.88. The number of fused-ring (bicyclic) bond motifs is 1. The number of rotatable bonds is 2. The van der Waals surface area contributed by atoms with Crippen LogP contribution in [0.2, 0.25) is 0 Å². The predicted octanol–water partition coefficient (Wildman–Crippen LogP) is 3.38. The molecular weight excluding hydrogens is 310 g/mol. The minimum absolute atomic E-state index is 0.528. The van der Waals surface area contributed by atoms with Crippen molar-refractivity contribution in [2.75, 3.05) is 11.4 Å². The van der Waals surface area contributed by atoms with E-state index >= 15 is 0 Å². The fraction of sp³-hybridized carbons (Fsp3) is 0.167. The van der Waals surface area contributed by atoms with Gasteiger partial charge in [-0.1, -0.05) is 6.07 Å². The molecule has 24 heavy (non-hydrogen) atoms. The average molecular weight is 324 g/mol. The lowest BCUT2D eigenvalue weighted by Crippen LogP contribution is -2.31. The highest BCUT2D eigenvalue weighted by Crippen LogP contribution is 2.25. The smallest absolute Gasteiger partial charge is 0.178 e. The Labute approximate surface area is 137 Å². The summed E-state index contributed by atoms with van der Waals surface area (Å²) in [5.74, 6) is -0.547. The quantitative estimate of drug-likeness (QED) is 0.725. The maximum Gasteiger partial charge on any atom is 0.178 e. The van der Waals surface area contributed by atoms with E-state index < -0.39 is 11.6 Å². The third kappa shape index (κ3) is 2.82. The first-order valence-corrected chi connectivity index (χ1v) is 7.66. The summed E-state index contributed by atoms with van der Waals surface area (Å²) < 4.78 is 26.8. The van der Waals surface area contributed by atoms with Crippen LogP contribution in [-0.4, -0.2) is 21.5 Å². The van der Waals surface area contributed by atoms with Gasteiger partial charge < -0.3 is 4.90 Å². The number of hydrogen-bond donors (Lipinski definition) is 0. The van der Waals surface area contributed by atoms with Crippen molar-refractivity contribution in [1.29, 1.82) is 0 Å². The first kappa shape index (κ1) is 14.7. The molecule has 4 rings (SSSR count). The minimum Gasteiger partial charge on any atom is -0.367 e. The van der Waals surface area contributed by atoms with E-state index in [4.69, 9.17) is 0 Å². The summed E-state index contributed by atoms with van der Waals surface area (Å²) in [6.45, 7) is 1.18. The molecule has 1 aliphatic rings. The zero-order chi connectivity index (χ0) is 16.5. The van der Waals surface area contributed by atoms with Gasteiger partial charge >= 0.3 is 0 Å². The number of aromatic nitrogens is 3. The molecule has 3 heterocycles. The Bertz CT molecular complexity index is 863. The van der Waals surface area contributed by atoms with E-state index in [-0.39, 0.29) is 0 Å². The maximum absolute atomic E-state index is 13.4. The van der Waals surface area contributed by atoms with E-state index in [1.54, 1.807) is 12.4 Å². The highest BCUT2D eigenvalue weighted by atomic mass is 19.1. The third-order valence-electron chi connectivity index (χ3n) is 4.04. The van der Waals surface area contributed by atoms with E-state index in [9.17, 15) is 8.78 Å². The molecule has 0 radical (unpaired) electrons. The number of hydrogen-bond acceptors (Lipinski definition) is 4. The zero-order valence-electron chi connectivity index (χ0n) is 12.8. The molecule has 0 aliphatic carbocycles. The number of nitrogens with zero attached hydrogens (tertiary/aromatic N) is 4. The van der Waals surface area contributed by atoms with E-state index in [0.717, 1.165) is 23.0 Å². The van der Waals surface area contributed by atoms with E-state index in [1.807, 2.05) is 23.1 Å². The molecule has 0 unspecified atom stereocenters. The summed E-state index contributed by atoms with van der Waals surface area (Å²) in [6, 6.07) is 9.17. The highest BCUT2D eigenvalue weighted by Gasteiger charge is 2.20. The number of benzene rings is 1. The molecule has 0 atom stereocenters. The second-order valence-corrected chi connectivity index (χ2v) is 5.68. The minimum atomic E-state index is -0.572. The first-order chi connectivity index (χ1) is 11.7. The van der Waals surface area contributed by atoms with Gasteiger partial charge in [0.15, 0.2) is 5.82 Å². The van der Waals surface area contributed by atoms with Crippen LogP contribution in [0.1, 0.15) is 11.3 Å². The van der Waals surface area contributed by atoms with Crippen LogP contribution in [0.5, 0.6) is 0 Å². The standard InChI is InChI=1S/C18H14F2N4/c19-13-7-14(20)9-15(8-13)24-6-4-16-12(11-24)10-22-18(23-16)17-3-1-2-5-21-17/h1-3,5,7-10H,4,6,11H2. The van der Waals surface area contributed by atoms with E-state index in [2.05, 4.69) is 15.0 Å². The van der Waals surface area contributed by atoms with Crippen molar-refractivity contribution in [2.24, 2.45) is 0 Å². The van der Waals surface area contributed by atoms with Gasteiger partial charge in [0.25, 0.3) is 0 Å². The second-order valence-electron chi connectivity index (χ2n) is 5.68. The molecule has 0 saturated heterocycles. The highest BCUT2D eigenvalue weighted by molar-refractivity contribution is 5.52. The molecule has 3 aromatic rings. The van der Waals surface area contributed by atoms with E-state index in [0.29, 0.717) is 31.0 Å². The second kappa shape index (κ2) is 5.96. The number of anilines is 1. The molecule has 2 aromatic heterocycles. The number of halogens is 2. The van der Waals surface area contributed by atoms with Crippen molar-refractivity contribution in [3.05, 3.63) is 71.7 Å². The first-order valence-electron chi connectivity index (χ1n) is 7.66. The SMILES string of the molecule is Fc1cc(F)cc(N2CCc3nc(-c4ccccn4)ncc3C2)c1. The monoisotopic (exact) mass is 324 g/mol. The van der Waals surface area contributed by atoms with Crippen molar-refractivity contribution in [3.63, 3.8) is 0 Å². The fourth-order valence-electron chi connectivity index (χ4n) is 2.88. The maximum atomic E-state index is 13.4. The van der Waals surface area contributed by atoms with Crippen LogP contribution in [0.25, 0.3) is 11.5 Å². The zero-order valence-corrected chi connectivity index (χ0v) is 12.8. The lowest BCUT2D eigenvalue weighted by molar-refractivity contribution is 0.580. The van der Waals surface area contributed by atoms with Gasteiger partial charge in [0, 0.05) is 49.2 Å². The summed E-state index contributed by atoms with van der Waals surface area (Å²) in [7, 11) is 0. The topological polar surface area (TPSA) is 41.9 Å². The van der Waals surface area contributed by atoms with Crippen molar-refractivity contribution in [2.45, 2.75) is 13.0 Å². The van der Waals surface area contributed by atoms with Crippen LogP contribution in [0.4, 0.5) is 14.5 Å². The van der Waals surface area contributed by atoms with Crippen LogP contribution in [-0.2, 0) is 13.0 Å². The normalized spacial score (nSPS) is 13.7. The molecule has 0 saturated carbocycles. The molecule has 1 aliphatic heterocycles. The van der Waals surface area contributed by atoms with Gasteiger partial charge in [-0.3, -0.25) is 4.98 Å². The summed E-state index contributed by atoms with van der Waals surface area (Å²) >= 11 is 0. The van der Waals surface area contributed by atoms with Gasteiger partial charge in [0.2, 0.25) is 0 Å². The summed E-state index contributed by atoms with van der Waals surface area (Å²) in [5.41, 5.74) is 3.19. The molecule has 0 amide bonds. The summed E-state index contributed by atoms with van der Waals surface area (Å²) in [6.07, 6.45) is 4.17. The number of pyridine rings is 1. The van der Waals surface area contributed by atoms with Gasteiger partial charge in [-0.05, 0) is 24.3 Å². The molecule has 0 N–H and O–H groups in total. The van der Waals surface area contributed by atoms with Crippen molar-refractivity contribution in [3.8, 4) is 11.5 Å². The molecule has 4 nitrogen and oxygen atoms in total. The Hall–Kier alpha value is -2.89. The molecule has 6 heteroatoms. The summed E-state index contributed by atoms with van der Waals surface area (Å²) in [5, 5.41) is 0. The Balaban J connectivity index is 1.62. The van der Waals surface area contributed by atoms with Crippen molar-refractivity contribution < 1.29 is 8.78 Å². The van der Waals surface area contributed by atoms with Crippen molar-refractivity contribution in [1.82, 2.24) is 15.0 Å². The van der Waals surface area contributed by atoms with Gasteiger partial charge in [-0.25, -0.2) is 18.7 Å². The average Bonchev–Trinajstić information content (AvgIpc) is 2.61. The van der Waals surface area contributed by atoms with Gasteiger partial charge in [0.05, 0.1) is 5.69 Å². The molecule has 0 bridgehead atoms. The summed E-state index contributed by atoms with van der Waals surface area (Å²) in [4.78, 5) is 15.2. The van der Waals surface area contributed by atoms with Crippen LogP contribution in [0, 0.1) is 11.6 Å². The third-order valence-corrected chi connectivity index (χ3v) is 4.04. The molecule has 1 aromatic carbocycles. The molecule has 0 fully saturated rings. The Kier molecular flexibility index (Phi) is 3.65. The Morgan fingerprint density at radius 2 is 1.83 bits per heavy atom. The largest absolute Gasteiger partial charge is 0.367 e. The lowest BCUT2D eigenvalue weighted by Gasteiger charge is -2.30. The Morgan fingerprint density at radius 3 is 2.58 bits per heavy atom. The molecular formula is C18H14F2N4. The Morgan fingerprint density at radius 1 is 1.00 bits per heavy atom. The van der Waals surface area contributed by atoms with Gasteiger partial charge in [0.1, 0.15) is 17.3 Å². The van der Waals surface area contributed by atoms with Gasteiger partial charge in [-0.2, -0.15) is 0 Å². The lowest BCUT2D eigenvalue weighted by atomic mass is 10.1.